The van der Waals surface area contributed by atoms with E-state index < -0.39 is 11.6 Å². The monoisotopic (exact) mass is 241 g/mol. The van der Waals surface area contributed by atoms with Crippen molar-refractivity contribution in [3.63, 3.8) is 0 Å². The molecule has 0 atom stereocenters. The number of ether oxygens (including phenoxy) is 1. The van der Waals surface area contributed by atoms with E-state index in [-0.39, 0.29) is 23.9 Å². The largest absolute Gasteiger partial charge is 0.381 e. The van der Waals surface area contributed by atoms with Gasteiger partial charge < -0.3 is 10.1 Å². The topological polar surface area (TPSA) is 38.3 Å². The van der Waals surface area contributed by atoms with Crippen LogP contribution in [0.4, 0.5) is 8.78 Å². The minimum absolute atomic E-state index is 0.106. The van der Waals surface area contributed by atoms with Crippen molar-refractivity contribution in [3.8, 4) is 0 Å². The number of nitrogens with one attached hydrogen (secondary N) is 1. The minimum Gasteiger partial charge on any atom is -0.381 e. The van der Waals surface area contributed by atoms with Crippen LogP contribution in [0.1, 0.15) is 12.0 Å². The molecule has 3 nitrogen and oxygen atoms in total. The number of amides is 1. The highest BCUT2D eigenvalue weighted by atomic mass is 19.1. The van der Waals surface area contributed by atoms with Crippen LogP contribution < -0.4 is 5.32 Å². The molecule has 0 saturated carbocycles. The highest BCUT2D eigenvalue weighted by Gasteiger charge is 2.21. The third kappa shape index (κ3) is 3.00. The van der Waals surface area contributed by atoms with E-state index in [9.17, 15) is 13.6 Å². The van der Waals surface area contributed by atoms with Gasteiger partial charge in [-0.3, -0.25) is 4.79 Å². The van der Waals surface area contributed by atoms with Crippen molar-refractivity contribution in [3.05, 3.63) is 35.4 Å². The predicted molar refractivity (Wildman–Crippen MR) is 57.1 cm³/mol. The van der Waals surface area contributed by atoms with Gasteiger partial charge in [-0.1, -0.05) is 6.07 Å². The Morgan fingerprint density at radius 2 is 2.00 bits per heavy atom. The molecule has 17 heavy (non-hydrogen) atoms. The van der Waals surface area contributed by atoms with E-state index in [0.29, 0.717) is 19.6 Å². The zero-order valence-corrected chi connectivity index (χ0v) is 9.21. The van der Waals surface area contributed by atoms with E-state index in [2.05, 4.69) is 5.32 Å². The summed E-state index contributed by atoms with van der Waals surface area (Å²) in [5.74, 6) is -1.25. The SMILES string of the molecule is O=C(CC1COC1)NCc1c(F)cccc1F. The summed E-state index contributed by atoms with van der Waals surface area (Å²) < 4.78 is 31.4. The van der Waals surface area contributed by atoms with Crippen molar-refractivity contribution in [2.45, 2.75) is 13.0 Å². The van der Waals surface area contributed by atoms with Gasteiger partial charge in [0.05, 0.1) is 13.2 Å². The van der Waals surface area contributed by atoms with E-state index in [4.69, 9.17) is 4.74 Å². The van der Waals surface area contributed by atoms with Crippen LogP contribution in [0.3, 0.4) is 0 Å². The van der Waals surface area contributed by atoms with Crippen molar-refractivity contribution in [2.24, 2.45) is 5.92 Å². The van der Waals surface area contributed by atoms with Gasteiger partial charge in [-0.05, 0) is 12.1 Å². The first-order valence-corrected chi connectivity index (χ1v) is 5.44. The van der Waals surface area contributed by atoms with Crippen LogP contribution in [0.15, 0.2) is 18.2 Å². The Morgan fingerprint density at radius 3 is 2.53 bits per heavy atom. The molecule has 1 heterocycles. The van der Waals surface area contributed by atoms with Gasteiger partial charge in [0, 0.05) is 24.4 Å². The van der Waals surface area contributed by atoms with Gasteiger partial charge in [0.2, 0.25) is 5.91 Å². The fourth-order valence-electron chi connectivity index (χ4n) is 1.62. The molecule has 0 spiro atoms. The number of benzene rings is 1. The first kappa shape index (κ1) is 12.0. The number of carbonyl (C=O) groups excluding carboxylic acids is 1. The molecule has 1 aromatic carbocycles. The molecule has 0 unspecified atom stereocenters. The zero-order chi connectivity index (χ0) is 12.3. The highest BCUT2D eigenvalue weighted by Crippen LogP contribution is 2.15. The van der Waals surface area contributed by atoms with Gasteiger partial charge in [-0.15, -0.1) is 0 Å². The van der Waals surface area contributed by atoms with Gasteiger partial charge in [0.1, 0.15) is 11.6 Å². The third-order valence-corrected chi connectivity index (χ3v) is 2.71. The predicted octanol–water partition coefficient (Wildman–Crippen LogP) is 1.62. The van der Waals surface area contributed by atoms with Gasteiger partial charge in [-0.2, -0.15) is 0 Å². The van der Waals surface area contributed by atoms with Gasteiger partial charge >= 0.3 is 0 Å². The van der Waals surface area contributed by atoms with Crippen LogP contribution >= 0.6 is 0 Å². The van der Waals surface area contributed by atoms with Crippen molar-refractivity contribution in [1.29, 1.82) is 0 Å². The number of hydrogen-bond acceptors (Lipinski definition) is 2. The molecule has 1 aliphatic heterocycles. The average Bonchev–Trinajstić information content (AvgIpc) is 2.23. The second kappa shape index (κ2) is 5.23. The van der Waals surface area contributed by atoms with E-state index in [1.165, 1.54) is 18.2 Å². The summed E-state index contributed by atoms with van der Waals surface area (Å²) in [7, 11) is 0. The Bertz CT molecular complexity index is 399. The zero-order valence-electron chi connectivity index (χ0n) is 9.21. The summed E-state index contributed by atoms with van der Waals surface area (Å²) in [4.78, 5) is 11.4. The quantitative estimate of drug-likeness (QED) is 0.869. The van der Waals surface area contributed by atoms with Crippen LogP contribution in [0.25, 0.3) is 0 Å². The molecule has 0 aliphatic carbocycles. The normalized spacial score (nSPS) is 15.4. The molecule has 0 radical (unpaired) electrons. The molecular formula is C12H13F2NO2. The number of halogens is 2. The Kier molecular flexibility index (Phi) is 3.68. The smallest absolute Gasteiger partial charge is 0.220 e. The van der Waals surface area contributed by atoms with Crippen LogP contribution in [-0.2, 0) is 16.1 Å². The van der Waals surface area contributed by atoms with Crippen molar-refractivity contribution < 1.29 is 18.3 Å². The lowest BCUT2D eigenvalue weighted by atomic mass is 10.0. The second-order valence-corrected chi connectivity index (χ2v) is 4.08. The molecule has 1 saturated heterocycles. The van der Waals surface area contributed by atoms with Gasteiger partial charge in [-0.25, -0.2) is 8.78 Å². The maximum atomic E-state index is 13.2. The van der Waals surface area contributed by atoms with Crippen molar-refractivity contribution in [2.75, 3.05) is 13.2 Å². The minimum atomic E-state index is -0.641. The molecule has 5 heteroatoms. The Morgan fingerprint density at radius 1 is 1.35 bits per heavy atom. The van der Waals surface area contributed by atoms with E-state index in [1.54, 1.807) is 0 Å². The highest BCUT2D eigenvalue weighted by molar-refractivity contribution is 5.76. The van der Waals surface area contributed by atoms with Crippen LogP contribution in [0.5, 0.6) is 0 Å². The lowest BCUT2D eigenvalue weighted by Gasteiger charge is -2.25. The third-order valence-electron chi connectivity index (χ3n) is 2.71. The van der Waals surface area contributed by atoms with E-state index in [0.717, 1.165) is 0 Å². The molecule has 1 aromatic rings. The lowest BCUT2D eigenvalue weighted by molar-refractivity contribution is -0.126. The molecule has 1 amide bonds. The van der Waals surface area contributed by atoms with E-state index >= 15 is 0 Å². The molecule has 2 rings (SSSR count). The van der Waals surface area contributed by atoms with Crippen LogP contribution in [0, 0.1) is 17.6 Å². The molecule has 0 aromatic heterocycles. The maximum Gasteiger partial charge on any atom is 0.220 e. The Balaban J connectivity index is 1.86. The Labute approximate surface area is 97.8 Å². The number of hydrogen-bond donors (Lipinski definition) is 1. The molecule has 92 valence electrons. The van der Waals surface area contributed by atoms with Gasteiger partial charge in [0.15, 0.2) is 0 Å². The molecule has 1 N–H and O–H groups in total. The van der Waals surface area contributed by atoms with Crippen molar-refractivity contribution >= 4 is 5.91 Å². The van der Waals surface area contributed by atoms with Crippen LogP contribution in [0.2, 0.25) is 0 Å². The molecular weight excluding hydrogens is 228 g/mol. The van der Waals surface area contributed by atoms with Crippen molar-refractivity contribution in [1.82, 2.24) is 5.32 Å². The average molecular weight is 241 g/mol. The number of rotatable bonds is 4. The van der Waals surface area contributed by atoms with E-state index in [1.807, 2.05) is 0 Å². The fraction of sp³-hybridized carbons (Fsp3) is 0.417. The Hall–Kier alpha value is -1.49. The maximum absolute atomic E-state index is 13.2. The second-order valence-electron chi connectivity index (χ2n) is 4.08. The summed E-state index contributed by atoms with van der Waals surface area (Å²) in [6.45, 7) is 1.05. The van der Waals surface area contributed by atoms with Crippen LogP contribution in [-0.4, -0.2) is 19.1 Å². The first-order chi connectivity index (χ1) is 8.16. The lowest BCUT2D eigenvalue weighted by Crippen LogP contribution is -2.34. The summed E-state index contributed by atoms with van der Waals surface area (Å²) >= 11 is 0. The summed E-state index contributed by atoms with van der Waals surface area (Å²) in [5, 5.41) is 2.51. The summed E-state index contributed by atoms with van der Waals surface area (Å²) in [6, 6.07) is 3.64. The summed E-state index contributed by atoms with van der Waals surface area (Å²) in [6.07, 6.45) is 0.343. The molecule has 1 fully saturated rings. The fourth-order valence-corrected chi connectivity index (χ4v) is 1.62. The standard InChI is InChI=1S/C12H13F2NO2/c13-10-2-1-3-11(14)9(10)5-15-12(16)4-8-6-17-7-8/h1-3,8H,4-7H2,(H,15,16). The first-order valence-electron chi connectivity index (χ1n) is 5.44. The molecule has 1 aliphatic rings. The molecule has 0 bridgehead atoms. The van der Waals surface area contributed by atoms with Gasteiger partial charge in [0.25, 0.3) is 0 Å². The number of carbonyl (C=O) groups is 1. The summed E-state index contributed by atoms with van der Waals surface area (Å²) in [5.41, 5.74) is -0.106.